The van der Waals surface area contributed by atoms with Crippen molar-refractivity contribution >= 4 is 11.8 Å². The van der Waals surface area contributed by atoms with Crippen LogP contribution in [0.15, 0.2) is 0 Å². The first kappa shape index (κ1) is 6.43. The summed E-state index contributed by atoms with van der Waals surface area (Å²) in [6.07, 6.45) is 2.91. The molecule has 0 saturated heterocycles. The number of methoxy groups -OCH3 is 1. The van der Waals surface area contributed by atoms with E-state index in [1.807, 2.05) is 11.8 Å². The highest BCUT2D eigenvalue weighted by atomic mass is 32.2. The van der Waals surface area contributed by atoms with Gasteiger partial charge in [0.25, 0.3) is 0 Å². The maximum atomic E-state index is 4.88. The summed E-state index contributed by atoms with van der Waals surface area (Å²) in [5, 5.41) is 0. The van der Waals surface area contributed by atoms with Gasteiger partial charge in [-0.3, -0.25) is 0 Å². The molecule has 0 amide bonds. The standard InChI is InChI=1S/C6H12OS/c1-7-5-8-4-6-2-3-6/h6H,2-5H2,1H3. The average Bonchev–Trinajstić information content (AvgIpc) is 2.51. The van der Waals surface area contributed by atoms with Crippen molar-refractivity contribution in [3.8, 4) is 0 Å². The zero-order valence-electron chi connectivity index (χ0n) is 5.22. The second kappa shape index (κ2) is 3.36. The van der Waals surface area contributed by atoms with Gasteiger partial charge >= 0.3 is 0 Å². The molecule has 0 atom stereocenters. The van der Waals surface area contributed by atoms with Gasteiger partial charge in [-0.2, -0.15) is 0 Å². The number of rotatable bonds is 4. The summed E-state index contributed by atoms with van der Waals surface area (Å²) in [6.45, 7) is 0. The summed E-state index contributed by atoms with van der Waals surface area (Å²) in [5.74, 6) is 3.22. The minimum atomic E-state index is 0.872. The number of ether oxygens (including phenoxy) is 1. The first-order chi connectivity index (χ1) is 3.93. The van der Waals surface area contributed by atoms with Crippen LogP contribution in [-0.2, 0) is 4.74 Å². The van der Waals surface area contributed by atoms with Crippen molar-refractivity contribution in [3.63, 3.8) is 0 Å². The molecule has 0 aromatic heterocycles. The van der Waals surface area contributed by atoms with Gasteiger partial charge in [0.1, 0.15) is 0 Å². The van der Waals surface area contributed by atoms with Crippen molar-refractivity contribution in [2.24, 2.45) is 5.92 Å². The highest BCUT2D eigenvalue weighted by Gasteiger charge is 2.20. The number of hydrogen-bond acceptors (Lipinski definition) is 2. The predicted octanol–water partition coefficient (Wildman–Crippen LogP) is 1.73. The molecule has 1 nitrogen and oxygen atoms in total. The molecule has 2 heteroatoms. The van der Waals surface area contributed by atoms with Crippen LogP contribution in [0.1, 0.15) is 12.8 Å². The Morgan fingerprint density at radius 3 is 2.88 bits per heavy atom. The molecule has 0 radical (unpaired) electrons. The number of hydrogen-bond donors (Lipinski definition) is 0. The molecule has 8 heavy (non-hydrogen) atoms. The normalized spacial score (nSPS) is 19.1. The van der Waals surface area contributed by atoms with Gasteiger partial charge in [0.05, 0.1) is 5.94 Å². The molecule has 0 spiro atoms. The van der Waals surface area contributed by atoms with E-state index in [-0.39, 0.29) is 0 Å². The van der Waals surface area contributed by atoms with Gasteiger partial charge in [-0.05, 0) is 24.5 Å². The Bertz CT molecular complexity index is 61.5. The van der Waals surface area contributed by atoms with E-state index in [9.17, 15) is 0 Å². The van der Waals surface area contributed by atoms with Crippen molar-refractivity contribution < 1.29 is 4.74 Å². The summed E-state index contributed by atoms with van der Waals surface area (Å²) in [4.78, 5) is 0. The Morgan fingerprint density at radius 1 is 1.62 bits per heavy atom. The van der Waals surface area contributed by atoms with E-state index in [0.29, 0.717) is 0 Å². The molecule has 1 aliphatic rings. The quantitative estimate of drug-likeness (QED) is 0.425. The largest absolute Gasteiger partial charge is 0.374 e. The molecule has 1 fully saturated rings. The van der Waals surface area contributed by atoms with E-state index in [4.69, 9.17) is 4.74 Å². The van der Waals surface area contributed by atoms with Crippen LogP contribution in [0.3, 0.4) is 0 Å². The van der Waals surface area contributed by atoms with E-state index in [1.54, 1.807) is 7.11 Å². The second-order valence-electron chi connectivity index (χ2n) is 2.22. The summed E-state index contributed by atoms with van der Waals surface area (Å²) < 4.78 is 4.88. The molecule has 1 rings (SSSR count). The Balaban J connectivity index is 1.74. The van der Waals surface area contributed by atoms with Gasteiger partial charge in [0, 0.05) is 7.11 Å². The molecular formula is C6H12OS. The topological polar surface area (TPSA) is 9.23 Å². The molecule has 0 aromatic rings. The van der Waals surface area contributed by atoms with Crippen molar-refractivity contribution in [2.75, 3.05) is 18.8 Å². The molecule has 0 aliphatic heterocycles. The van der Waals surface area contributed by atoms with E-state index in [1.165, 1.54) is 18.6 Å². The van der Waals surface area contributed by atoms with Gasteiger partial charge in [-0.15, -0.1) is 11.8 Å². The lowest BCUT2D eigenvalue weighted by atomic mass is 10.5. The minimum Gasteiger partial charge on any atom is -0.374 e. The smallest absolute Gasteiger partial charge is 0.0917 e. The van der Waals surface area contributed by atoms with E-state index in [2.05, 4.69) is 0 Å². The zero-order valence-corrected chi connectivity index (χ0v) is 6.04. The zero-order chi connectivity index (χ0) is 5.82. The van der Waals surface area contributed by atoms with Crippen LogP contribution in [0.5, 0.6) is 0 Å². The first-order valence-electron chi connectivity index (χ1n) is 3.00. The van der Waals surface area contributed by atoms with E-state index in [0.717, 1.165) is 11.9 Å². The lowest BCUT2D eigenvalue weighted by Crippen LogP contribution is -1.85. The summed E-state index contributed by atoms with van der Waals surface area (Å²) in [6, 6.07) is 0. The van der Waals surface area contributed by atoms with Crippen LogP contribution in [0.2, 0.25) is 0 Å². The van der Waals surface area contributed by atoms with Crippen LogP contribution in [-0.4, -0.2) is 18.8 Å². The third-order valence-electron chi connectivity index (χ3n) is 1.25. The fourth-order valence-corrected chi connectivity index (χ4v) is 1.51. The molecular weight excluding hydrogens is 120 g/mol. The van der Waals surface area contributed by atoms with Crippen molar-refractivity contribution in [3.05, 3.63) is 0 Å². The summed E-state index contributed by atoms with van der Waals surface area (Å²) in [5.41, 5.74) is 0. The Labute approximate surface area is 54.8 Å². The third kappa shape index (κ3) is 2.58. The lowest BCUT2D eigenvalue weighted by molar-refractivity contribution is 0.259. The monoisotopic (exact) mass is 132 g/mol. The van der Waals surface area contributed by atoms with Gasteiger partial charge in [-0.25, -0.2) is 0 Å². The molecule has 0 heterocycles. The highest BCUT2D eigenvalue weighted by molar-refractivity contribution is 7.99. The third-order valence-corrected chi connectivity index (χ3v) is 2.36. The fourth-order valence-electron chi connectivity index (χ4n) is 0.583. The van der Waals surface area contributed by atoms with Gasteiger partial charge in [0.15, 0.2) is 0 Å². The predicted molar refractivity (Wildman–Crippen MR) is 37.1 cm³/mol. The van der Waals surface area contributed by atoms with E-state index >= 15 is 0 Å². The van der Waals surface area contributed by atoms with Gasteiger partial charge in [0.2, 0.25) is 0 Å². The molecule has 0 aromatic carbocycles. The molecule has 0 unspecified atom stereocenters. The SMILES string of the molecule is COCSCC1CC1. The molecule has 1 saturated carbocycles. The Morgan fingerprint density at radius 2 is 2.38 bits per heavy atom. The van der Waals surface area contributed by atoms with Crippen molar-refractivity contribution in [2.45, 2.75) is 12.8 Å². The molecule has 48 valence electrons. The minimum absolute atomic E-state index is 0.872. The second-order valence-corrected chi connectivity index (χ2v) is 3.20. The molecule has 1 aliphatic carbocycles. The van der Waals surface area contributed by atoms with Crippen LogP contribution < -0.4 is 0 Å². The average molecular weight is 132 g/mol. The highest BCUT2D eigenvalue weighted by Crippen LogP contribution is 2.32. The van der Waals surface area contributed by atoms with Crippen LogP contribution in [0, 0.1) is 5.92 Å². The Kier molecular flexibility index (Phi) is 2.70. The van der Waals surface area contributed by atoms with Crippen LogP contribution in [0.25, 0.3) is 0 Å². The maximum absolute atomic E-state index is 4.88. The fraction of sp³-hybridized carbons (Fsp3) is 1.00. The number of thioether (sulfide) groups is 1. The van der Waals surface area contributed by atoms with Crippen LogP contribution in [0.4, 0.5) is 0 Å². The summed E-state index contributed by atoms with van der Waals surface area (Å²) in [7, 11) is 1.75. The molecule has 0 bridgehead atoms. The van der Waals surface area contributed by atoms with E-state index < -0.39 is 0 Å². The van der Waals surface area contributed by atoms with Gasteiger partial charge < -0.3 is 4.74 Å². The van der Waals surface area contributed by atoms with Crippen molar-refractivity contribution in [1.29, 1.82) is 0 Å². The van der Waals surface area contributed by atoms with Crippen molar-refractivity contribution in [1.82, 2.24) is 0 Å². The first-order valence-corrected chi connectivity index (χ1v) is 4.15. The van der Waals surface area contributed by atoms with Crippen LogP contribution >= 0.6 is 11.8 Å². The molecule has 0 N–H and O–H groups in total. The van der Waals surface area contributed by atoms with Gasteiger partial charge in [-0.1, -0.05) is 0 Å². The maximum Gasteiger partial charge on any atom is 0.0917 e. The lowest BCUT2D eigenvalue weighted by Gasteiger charge is -1.94. The Hall–Kier alpha value is 0.310. The summed E-state index contributed by atoms with van der Waals surface area (Å²) >= 11 is 1.90.